The molecule has 0 saturated carbocycles. The third-order valence-corrected chi connectivity index (χ3v) is 4.26. The topological polar surface area (TPSA) is 80.6 Å². The summed E-state index contributed by atoms with van der Waals surface area (Å²) in [7, 11) is 0. The molecule has 0 heterocycles. The van der Waals surface area contributed by atoms with Gasteiger partial charge < -0.3 is 19.5 Å². The molecule has 6 nitrogen and oxygen atoms in total. The molecular weight excluding hydrogens is 404 g/mol. The minimum Gasteiger partial charge on any atom is -0.489 e. The monoisotopic (exact) mass is 430 g/mol. The lowest BCUT2D eigenvalue weighted by molar-refractivity contribution is 0.0523. The molecule has 3 rings (SSSR count). The number of hydrogen-bond acceptors (Lipinski definition) is 5. The molecule has 0 aliphatic rings. The highest BCUT2D eigenvalue weighted by Crippen LogP contribution is 2.26. The Morgan fingerprint density at radius 1 is 0.906 bits per heavy atom. The van der Waals surface area contributed by atoms with Crippen LogP contribution >= 0.6 is 0 Å². The number of ether oxygens (including phenoxy) is 3. The number of carbonyl (C=O) groups is 1. The predicted octanol–water partition coefficient (Wildman–Crippen LogP) is 5.95. The summed E-state index contributed by atoms with van der Waals surface area (Å²) in [4.78, 5) is 11.8. The van der Waals surface area contributed by atoms with E-state index in [1.54, 1.807) is 24.3 Å². The van der Waals surface area contributed by atoms with Gasteiger partial charge in [-0.25, -0.2) is 4.79 Å². The second kappa shape index (κ2) is 10.4. The molecule has 0 saturated heterocycles. The lowest BCUT2D eigenvalue weighted by Gasteiger charge is -2.19. The predicted molar refractivity (Wildman–Crippen MR) is 122 cm³/mol. The molecule has 6 heteroatoms. The van der Waals surface area contributed by atoms with Crippen LogP contribution < -0.4 is 14.8 Å². The van der Waals surface area contributed by atoms with Gasteiger partial charge in [0.2, 0.25) is 0 Å². The van der Waals surface area contributed by atoms with Crippen LogP contribution in [-0.2, 0) is 17.9 Å². The van der Waals surface area contributed by atoms with Crippen molar-refractivity contribution in [3.8, 4) is 23.3 Å². The van der Waals surface area contributed by atoms with Gasteiger partial charge in [0.15, 0.2) is 0 Å². The zero-order valence-electron chi connectivity index (χ0n) is 18.4. The second-order valence-corrected chi connectivity index (χ2v) is 8.18. The van der Waals surface area contributed by atoms with E-state index in [-0.39, 0.29) is 0 Å². The van der Waals surface area contributed by atoms with Crippen LogP contribution in [0.25, 0.3) is 0 Å². The third-order valence-electron chi connectivity index (χ3n) is 4.26. The Kier molecular flexibility index (Phi) is 7.35. The Labute approximate surface area is 188 Å². The van der Waals surface area contributed by atoms with Gasteiger partial charge in [0.1, 0.15) is 29.5 Å². The van der Waals surface area contributed by atoms with Crippen molar-refractivity contribution in [1.82, 2.24) is 5.32 Å². The van der Waals surface area contributed by atoms with Crippen LogP contribution in [0, 0.1) is 11.3 Å². The summed E-state index contributed by atoms with van der Waals surface area (Å²) < 4.78 is 17.0. The smallest absolute Gasteiger partial charge is 0.407 e. The van der Waals surface area contributed by atoms with E-state index in [1.807, 2.05) is 69.3 Å². The average molecular weight is 431 g/mol. The number of nitrogens with one attached hydrogen (secondary N) is 1. The van der Waals surface area contributed by atoms with Crippen molar-refractivity contribution in [2.45, 2.75) is 39.5 Å². The standard InChI is InChI=1S/C26H26N2O4/c1-26(2,3)32-25(29)28-17-20-6-4-7-21(14-20)18-30-23-8-5-9-24(15-23)31-22-12-10-19(16-27)11-13-22/h4-15H,17-18H2,1-3H3,(H,28,29). The Morgan fingerprint density at radius 2 is 1.59 bits per heavy atom. The number of nitriles is 1. The number of rotatable bonds is 7. The summed E-state index contributed by atoms with van der Waals surface area (Å²) in [5.74, 6) is 1.96. The van der Waals surface area contributed by atoms with E-state index in [0.29, 0.717) is 36.0 Å². The molecule has 164 valence electrons. The molecule has 3 aromatic carbocycles. The van der Waals surface area contributed by atoms with Gasteiger partial charge in [-0.05, 0) is 68.3 Å². The zero-order chi connectivity index (χ0) is 23.0. The summed E-state index contributed by atoms with van der Waals surface area (Å²) in [5, 5.41) is 11.6. The van der Waals surface area contributed by atoms with Gasteiger partial charge in [-0.15, -0.1) is 0 Å². The molecule has 0 aliphatic heterocycles. The highest BCUT2D eigenvalue weighted by Gasteiger charge is 2.15. The van der Waals surface area contributed by atoms with Crippen molar-refractivity contribution in [3.63, 3.8) is 0 Å². The molecule has 0 atom stereocenters. The Bertz CT molecular complexity index is 1100. The summed E-state index contributed by atoms with van der Waals surface area (Å²) in [6, 6.07) is 24.2. The molecule has 3 aromatic rings. The molecule has 0 unspecified atom stereocenters. The quantitative estimate of drug-likeness (QED) is 0.501. The Balaban J connectivity index is 1.55. The van der Waals surface area contributed by atoms with Crippen molar-refractivity contribution < 1.29 is 19.0 Å². The van der Waals surface area contributed by atoms with Gasteiger partial charge in [0.05, 0.1) is 11.6 Å². The highest BCUT2D eigenvalue weighted by atomic mass is 16.6. The first kappa shape index (κ1) is 22.7. The van der Waals surface area contributed by atoms with E-state index in [1.165, 1.54) is 0 Å². The second-order valence-electron chi connectivity index (χ2n) is 8.18. The number of nitrogens with zero attached hydrogens (tertiary/aromatic N) is 1. The van der Waals surface area contributed by atoms with Gasteiger partial charge in [0, 0.05) is 12.6 Å². The van der Waals surface area contributed by atoms with Crippen LogP contribution in [0.1, 0.15) is 37.5 Å². The highest BCUT2D eigenvalue weighted by molar-refractivity contribution is 5.67. The van der Waals surface area contributed by atoms with Crippen molar-refractivity contribution in [2.24, 2.45) is 0 Å². The van der Waals surface area contributed by atoms with Crippen LogP contribution in [0.3, 0.4) is 0 Å². The van der Waals surface area contributed by atoms with Gasteiger partial charge in [0.25, 0.3) is 0 Å². The molecule has 0 fully saturated rings. The SMILES string of the molecule is CC(C)(C)OC(=O)NCc1cccc(COc2cccc(Oc3ccc(C#N)cc3)c2)c1. The van der Waals surface area contributed by atoms with Gasteiger partial charge >= 0.3 is 6.09 Å². The fraction of sp³-hybridized carbons (Fsp3) is 0.231. The van der Waals surface area contributed by atoms with E-state index >= 15 is 0 Å². The molecule has 0 bridgehead atoms. The lowest BCUT2D eigenvalue weighted by Crippen LogP contribution is -2.32. The number of benzene rings is 3. The first-order valence-electron chi connectivity index (χ1n) is 10.3. The van der Waals surface area contributed by atoms with E-state index in [2.05, 4.69) is 11.4 Å². The van der Waals surface area contributed by atoms with Crippen LogP contribution in [0.4, 0.5) is 4.79 Å². The molecule has 0 spiro atoms. The van der Waals surface area contributed by atoms with Crippen molar-refractivity contribution in [2.75, 3.05) is 0 Å². The summed E-state index contributed by atoms with van der Waals surface area (Å²) >= 11 is 0. The van der Waals surface area contributed by atoms with Crippen LogP contribution in [0.2, 0.25) is 0 Å². The largest absolute Gasteiger partial charge is 0.489 e. The first-order chi connectivity index (χ1) is 15.3. The van der Waals surface area contributed by atoms with E-state index in [0.717, 1.165) is 11.1 Å². The minimum absolute atomic E-state index is 0.372. The van der Waals surface area contributed by atoms with E-state index in [4.69, 9.17) is 19.5 Å². The summed E-state index contributed by atoms with van der Waals surface area (Å²) in [6.45, 7) is 6.23. The van der Waals surface area contributed by atoms with Crippen LogP contribution in [-0.4, -0.2) is 11.7 Å². The number of amides is 1. The molecular formula is C26H26N2O4. The normalized spacial score (nSPS) is 10.7. The molecule has 0 radical (unpaired) electrons. The van der Waals surface area contributed by atoms with Crippen molar-refractivity contribution >= 4 is 6.09 Å². The van der Waals surface area contributed by atoms with E-state index in [9.17, 15) is 4.79 Å². The summed E-state index contributed by atoms with van der Waals surface area (Å²) in [5.41, 5.74) is 1.98. The summed E-state index contributed by atoms with van der Waals surface area (Å²) in [6.07, 6.45) is -0.446. The lowest BCUT2D eigenvalue weighted by atomic mass is 10.1. The number of alkyl carbamates (subject to hydrolysis) is 1. The molecule has 1 amide bonds. The van der Waals surface area contributed by atoms with Gasteiger partial charge in [-0.3, -0.25) is 0 Å². The molecule has 1 N–H and O–H groups in total. The zero-order valence-corrected chi connectivity index (χ0v) is 18.4. The van der Waals surface area contributed by atoms with Crippen LogP contribution in [0.5, 0.6) is 17.2 Å². The fourth-order valence-corrected chi connectivity index (χ4v) is 2.85. The van der Waals surface area contributed by atoms with Crippen LogP contribution in [0.15, 0.2) is 72.8 Å². The molecule has 0 aromatic heterocycles. The minimum atomic E-state index is -0.530. The maximum atomic E-state index is 11.8. The van der Waals surface area contributed by atoms with E-state index < -0.39 is 11.7 Å². The molecule has 0 aliphatic carbocycles. The maximum absolute atomic E-state index is 11.8. The van der Waals surface area contributed by atoms with Crippen molar-refractivity contribution in [3.05, 3.63) is 89.5 Å². The van der Waals surface area contributed by atoms with Gasteiger partial charge in [-0.1, -0.05) is 30.3 Å². The Hall–Kier alpha value is -3.98. The first-order valence-corrected chi connectivity index (χ1v) is 10.3. The maximum Gasteiger partial charge on any atom is 0.407 e. The average Bonchev–Trinajstić information content (AvgIpc) is 2.76. The number of hydrogen-bond donors (Lipinski definition) is 1. The fourth-order valence-electron chi connectivity index (χ4n) is 2.85. The third kappa shape index (κ3) is 7.37. The Morgan fingerprint density at radius 3 is 2.31 bits per heavy atom. The van der Waals surface area contributed by atoms with Gasteiger partial charge in [-0.2, -0.15) is 5.26 Å². The van der Waals surface area contributed by atoms with Crippen molar-refractivity contribution in [1.29, 1.82) is 5.26 Å². The molecule has 32 heavy (non-hydrogen) atoms. The number of carbonyl (C=O) groups excluding carboxylic acids is 1.